The van der Waals surface area contributed by atoms with E-state index in [1.54, 1.807) is 0 Å². The zero-order valence-corrected chi connectivity index (χ0v) is 3.07. The first kappa shape index (κ1) is 4.56. The highest BCUT2D eigenvalue weighted by Crippen LogP contribution is 1.76. The van der Waals surface area contributed by atoms with Gasteiger partial charge in [-0.05, 0) is 13.3 Å². The Morgan fingerprint density at radius 1 is 1.60 bits per heavy atom. The number of unbranched alkanes of at least 4 members (excludes halogenated alkanes) is 1. The number of hydrogen-bond acceptors (Lipinski definition) is 0. The molecule has 0 aliphatic carbocycles. The van der Waals surface area contributed by atoms with Crippen LogP contribution in [0.4, 0.5) is 0 Å². The van der Waals surface area contributed by atoms with Crippen LogP contribution in [0.3, 0.4) is 0 Å². The Bertz CT molecular complexity index is 38.5. The van der Waals surface area contributed by atoms with Crippen LogP contribution in [0.2, 0.25) is 0 Å². The van der Waals surface area contributed by atoms with Crippen molar-refractivity contribution in [1.82, 2.24) is 0 Å². The molecule has 0 N–H and O–H groups in total. The summed E-state index contributed by atoms with van der Waals surface area (Å²) in [6.07, 6.45) is 6.11. The molecule has 0 amide bonds. The maximum absolute atomic E-state index is 5.00. The minimum Gasteiger partial charge on any atom is -0.120 e. The van der Waals surface area contributed by atoms with Gasteiger partial charge in [-0.3, -0.25) is 0 Å². The van der Waals surface area contributed by atoms with E-state index >= 15 is 0 Å². The molecule has 0 aromatic carbocycles. The molecule has 0 aromatic heterocycles. The van der Waals surface area contributed by atoms with E-state index in [0.717, 1.165) is 0 Å². The molecule has 0 saturated carbocycles. The molecule has 0 heteroatoms. The maximum Gasteiger partial charge on any atom is 0.00889 e. The molecule has 0 bridgehead atoms. The van der Waals surface area contributed by atoms with Crippen LogP contribution < -0.4 is 0 Å². The van der Waals surface area contributed by atoms with Crippen molar-refractivity contribution in [2.24, 2.45) is 0 Å². The lowest BCUT2D eigenvalue weighted by atomic mass is 10.4. The minimum atomic E-state index is 0.608. The maximum atomic E-state index is 5.00. The lowest BCUT2D eigenvalue weighted by molar-refractivity contribution is 1.08. The molecule has 26 valence electrons. The lowest BCUT2D eigenvalue weighted by Crippen LogP contribution is -1.54. The first-order valence-corrected chi connectivity index (χ1v) is 1.55. The van der Waals surface area contributed by atoms with E-state index in [2.05, 4.69) is 5.92 Å². The monoisotopic (exact) mass is 66.0 g/mol. The van der Waals surface area contributed by atoms with Gasteiger partial charge in [0.05, 0.1) is 0 Å². The molecule has 0 fully saturated rings. The average Bonchev–Trinajstić information content (AvgIpc) is 1.41. The van der Waals surface area contributed by atoms with Crippen LogP contribution in [0.1, 0.15) is 12.8 Å². The highest BCUT2D eigenvalue weighted by Gasteiger charge is 1.62. The highest BCUT2D eigenvalue weighted by atomic mass is 13.7. The van der Waals surface area contributed by atoms with E-state index in [0.29, 0.717) is 12.8 Å². The largest absolute Gasteiger partial charge is 0.120 e. The van der Waals surface area contributed by atoms with E-state index in [1.807, 2.05) is 0 Å². The predicted molar refractivity (Wildman–Crippen MR) is 22.4 cm³/mol. The van der Waals surface area contributed by atoms with Crippen molar-refractivity contribution in [3.05, 3.63) is 6.92 Å². The SMILES string of the molecule is [CH]CCC#C. The van der Waals surface area contributed by atoms with Gasteiger partial charge in [-0.1, -0.05) is 0 Å². The van der Waals surface area contributed by atoms with Crippen LogP contribution in [-0.4, -0.2) is 0 Å². The van der Waals surface area contributed by atoms with Gasteiger partial charge in [0.2, 0.25) is 0 Å². The van der Waals surface area contributed by atoms with Crippen molar-refractivity contribution < 1.29 is 0 Å². The molecule has 0 unspecified atom stereocenters. The zero-order valence-electron chi connectivity index (χ0n) is 3.07. The Balaban J connectivity index is 2.48. The van der Waals surface area contributed by atoms with Crippen molar-refractivity contribution in [1.29, 1.82) is 0 Å². The topological polar surface area (TPSA) is 0 Å². The van der Waals surface area contributed by atoms with Gasteiger partial charge in [0, 0.05) is 6.42 Å². The van der Waals surface area contributed by atoms with Gasteiger partial charge in [0.25, 0.3) is 0 Å². The van der Waals surface area contributed by atoms with E-state index in [4.69, 9.17) is 13.3 Å². The van der Waals surface area contributed by atoms with Gasteiger partial charge in [0.15, 0.2) is 0 Å². The molecule has 2 radical (unpaired) electrons. The molecule has 0 aliphatic heterocycles. The number of terminal acetylenes is 1. The Kier molecular flexibility index (Phi) is 3.25. The summed E-state index contributed by atoms with van der Waals surface area (Å²) in [6, 6.07) is 0. The zero-order chi connectivity index (χ0) is 4.12. The molecule has 0 aromatic rings. The van der Waals surface area contributed by atoms with Gasteiger partial charge in [-0.25, -0.2) is 0 Å². The Morgan fingerprint density at radius 3 is 2.20 bits per heavy atom. The van der Waals surface area contributed by atoms with Crippen LogP contribution >= 0.6 is 0 Å². The van der Waals surface area contributed by atoms with Gasteiger partial charge >= 0.3 is 0 Å². The van der Waals surface area contributed by atoms with Gasteiger partial charge in [-0.2, -0.15) is 0 Å². The quantitative estimate of drug-likeness (QED) is 0.402. The van der Waals surface area contributed by atoms with Crippen LogP contribution in [0.25, 0.3) is 0 Å². The Morgan fingerprint density at radius 2 is 2.20 bits per heavy atom. The minimum absolute atomic E-state index is 0.608. The van der Waals surface area contributed by atoms with Crippen molar-refractivity contribution in [3.8, 4) is 12.3 Å². The van der Waals surface area contributed by atoms with E-state index in [1.165, 1.54) is 0 Å². The summed E-state index contributed by atoms with van der Waals surface area (Å²) in [4.78, 5) is 0. The average molecular weight is 66.1 g/mol. The lowest BCUT2D eigenvalue weighted by Gasteiger charge is -1.68. The fraction of sp³-hybridized carbons (Fsp3) is 0.400. The molecule has 0 saturated heterocycles. The normalized spacial score (nSPS) is 6.40. The third-order valence-corrected chi connectivity index (χ3v) is 0.289. The summed E-state index contributed by atoms with van der Waals surface area (Å²) in [7, 11) is 0. The van der Waals surface area contributed by atoms with E-state index < -0.39 is 0 Å². The second-order valence-electron chi connectivity index (χ2n) is 0.743. The fourth-order valence-corrected chi connectivity index (χ4v) is 0.0833. The molecule has 5 heavy (non-hydrogen) atoms. The smallest absolute Gasteiger partial charge is 0.00889 e. The number of rotatable bonds is 1. The van der Waals surface area contributed by atoms with Crippen molar-refractivity contribution in [2.75, 3.05) is 0 Å². The number of hydrogen-bond donors (Lipinski definition) is 0. The summed E-state index contributed by atoms with van der Waals surface area (Å²) in [5, 5.41) is 0. The van der Waals surface area contributed by atoms with Crippen molar-refractivity contribution in [3.63, 3.8) is 0 Å². The molecule has 0 atom stereocenters. The highest BCUT2D eigenvalue weighted by molar-refractivity contribution is 4.82. The van der Waals surface area contributed by atoms with Crippen molar-refractivity contribution >= 4 is 0 Å². The second-order valence-corrected chi connectivity index (χ2v) is 0.743. The molecular formula is C5H6. The molecule has 0 aliphatic rings. The summed E-state index contributed by atoms with van der Waals surface area (Å²) in [5.41, 5.74) is 0. The van der Waals surface area contributed by atoms with Crippen LogP contribution in [0.5, 0.6) is 0 Å². The summed E-state index contributed by atoms with van der Waals surface area (Å²) in [5.74, 6) is 2.39. The van der Waals surface area contributed by atoms with Crippen molar-refractivity contribution in [2.45, 2.75) is 12.8 Å². The summed E-state index contributed by atoms with van der Waals surface area (Å²) in [6.45, 7) is 5.00. The van der Waals surface area contributed by atoms with Crippen LogP contribution in [-0.2, 0) is 0 Å². The van der Waals surface area contributed by atoms with Gasteiger partial charge in [0.1, 0.15) is 0 Å². The van der Waals surface area contributed by atoms with E-state index in [9.17, 15) is 0 Å². The first-order chi connectivity index (χ1) is 2.41. The third-order valence-electron chi connectivity index (χ3n) is 0.289. The standard InChI is InChI=1S/C5H6/c1-3-5-4-2/h1-2H,3,5H2. The van der Waals surface area contributed by atoms with Gasteiger partial charge in [-0.15, -0.1) is 12.3 Å². The summed E-state index contributed by atoms with van der Waals surface area (Å²) < 4.78 is 0. The predicted octanol–water partition coefficient (Wildman–Crippen LogP) is 1.11. The molecule has 0 nitrogen and oxygen atoms in total. The summed E-state index contributed by atoms with van der Waals surface area (Å²) >= 11 is 0. The third kappa shape index (κ3) is 3.56. The molecule has 0 spiro atoms. The first-order valence-electron chi connectivity index (χ1n) is 1.55. The van der Waals surface area contributed by atoms with Crippen LogP contribution in [0, 0.1) is 19.3 Å². The van der Waals surface area contributed by atoms with E-state index in [-0.39, 0.29) is 0 Å². The van der Waals surface area contributed by atoms with Crippen LogP contribution in [0.15, 0.2) is 0 Å². The molecule has 0 heterocycles. The second kappa shape index (κ2) is 3.56. The Hall–Kier alpha value is -0.440. The van der Waals surface area contributed by atoms with Gasteiger partial charge < -0.3 is 0 Å². The molecular weight excluding hydrogens is 60.1 g/mol. The Labute approximate surface area is 33.2 Å². The molecule has 0 rings (SSSR count). The fourth-order valence-electron chi connectivity index (χ4n) is 0.0833.